The number of ether oxygens (including phenoxy) is 1. The summed E-state index contributed by atoms with van der Waals surface area (Å²) in [6.45, 7) is 0. The second-order valence-electron chi connectivity index (χ2n) is 6.50. The second kappa shape index (κ2) is 8.37. The number of thioether (sulfide) groups is 1. The number of aliphatic imine (C=N–C) groups is 1. The van der Waals surface area contributed by atoms with E-state index in [2.05, 4.69) is 20.3 Å². The number of aromatic amines is 1. The predicted octanol–water partition coefficient (Wildman–Crippen LogP) is 5.21. The highest BCUT2D eigenvalue weighted by molar-refractivity contribution is 8.18. The van der Waals surface area contributed by atoms with Crippen molar-refractivity contribution >= 4 is 57.4 Å². The first-order valence-electron chi connectivity index (χ1n) is 9.32. The van der Waals surface area contributed by atoms with Crippen LogP contribution in [0.4, 0.5) is 5.69 Å². The summed E-state index contributed by atoms with van der Waals surface area (Å²) in [4.78, 5) is 25.1. The number of para-hydroxylation sites is 2. The van der Waals surface area contributed by atoms with Crippen LogP contribution in [0.1, 0.15) is 5.76 Å². The number of fused-ring (bicyclic) bond motifs is 1. The number of rotatable bonds is 5. The minimum Gasteiger partial charge on any atom is -0.497 e. The summed E-state index contributed by atoms with van der Waals surface area (Å²) >= 11 is 2.66. The number of carbonyl (C=O) groups is 1. The molecule has 1 aliphatic rings. The fraction of sp³-hybridized carbons (Fsp3) is 0.0455. The molecule has 2 aromatic heterocycles. The van der Waals surface area contributed by atoms with Crippen molar-refractivity contribution in [2.24, 2.45) is 4.99 Å². The number of nitrogens with zero attached hydrogens (tertiary/aromatic N) is 2. The summed E-state index contributed by atoms with van der Waals surface area (Å²) in [5.41, 5.74) is 2.61. The lowest BCUT2D eigenvalue weighted by atomic mass is 10.3. The standard InChI is InChI=1S/C22H16N4O3S2/c1-28-14-8-6-13(7-9-14)23-21-26-20(27)18(30-21)12-15-10-11-19(29-15)31-22-24-16-4-2-3-5-17(16)25-22/h2-12H,1H3,(H,24,25)(H,23,26,27)/b18-12-. The molecule has 1 amide bonds. The Balaban J connectivity index is 1.29. The normalized spacial score (nSPS) is 16.4. The van der Waals surface area contributed by atoms with Gasteiger partial charge < -0.3 is 19.5 Å². The SMILES string of the molecule is COc1ccc(N=C2NC(=O)/C(=C/c3ccc(Sc4nc5ccccc5[nH]4)o3)S2)cc1. The molecule has 0 radical (unpaired) electrons. The summed E-state index contributed by atoms with van der Waals surface area (Å²) in [5.74, 6) is 1.13. The van der Waals surface area contributed by atoms with Gasteiger partial charge in [0.2, 0.25) is 0 Å². The molecule has 1 saturated heterocycles. The molecule has 1 aliphatic heterocycles. The molecule has 0 atom stereocenters. The average Bonchev–Trinajstić information content (AvgIpc) is 3.48. The molecule has 5 rings (SSSR count). The van der Waals surface area contributed by atoms with Gasteiger partial charge in [0.1, 0.15) is 11.5 Å². The molecular weight excluding hydrogens is 432 g/mol. The molecule has 0 aliphatic carbocycles. The quantitative estimate of drug-likeness (QED) is 0.407. The third-order valence-corrected chi connectivity index (χ3v) is 6.11. The van der Waals surface area contributed by atoms with Crippen molar-refractivity contribution in [1.82, 2.24) is 15.3 Å². The van der Waals surface area contributed by atoms with Crippen molar-refractivity contribution in [2.45, 2.75) is 10.2 Å². The van der Waals surface area contributed by atoms with Gasteiger partial charge in [0.15, 0.2) is 15.4 Å². The van der Waals surface area contributed by atoms with Gasteiger partial charge in [-0.05, 0) is 72.1 Å². The van der Waals surface area contributed by atoms with Crippen molar-refractivity contribution in [3.63, 3.8) is 0 Å². The summed E-state index contributed by atoms with van der Waals surface area (Å²) < 4.78 is 11.0. The van der Waals surface area contributed by atoms with E-state index in [9.17, 15) is 4.79 Å². The molecule has 2 aromatic carbocycles. The number of hydrogen-bond donors (Lipinski definition) is 2. The number of H-pyrrole nitrogens is 1. The second-order valence-corrected chi connectivity index (χ2v) is 8.52. The number of methoxy groups -OCH3 is 1. The van der Waals surface area contributed by atoms with Crippen LogP contribution < -0.4 is 10.1 Å². The van der Waals surface area contributed by atoms with Crippen LogP contribution in [-0.4, -0.2) is 28.2 Å². The summed E-state index contributed by atoms with van der Waals surface area (Å²) in [7, 11) is 1.61. The molecule has 1 fully saturated rings. The summed E-state index contributed by atoms with van der Waals surface area (Å²) in [5, 5.41) is 4.72. The first-order valence-corrected chi connectivity index (χ1v) is 11.0. The topological polar surface area (TPSA) is 92.5 Å². The summed E-state index contributed by atoms with van der Waals surface area (Å²) in [6, 6.07) is 18.8. The van der Waals surface area contributed by atoms with E-state index in [0.29, 0.717) is 20.9 Å². The monoisotopic (exact) mass is 448 g/mol. The third-order valence-electron chi connectivity index (χ3n) is 4.39. The van der Waals surface area contributed by atoms with Gasteiger partial charge in [0, 0.05) is 6.08 Å². The minimum atomic E-state index is -0.208. The Morgan fingerprint density at radius 2 is 1.97 bits per heavy atom. The van der Waals surface area contributed by atoms with Gasteiger partial charge in [-0.15, -0.1) is 0 Å². The van der Waals surface area contributed by atoms with Gasteiger partial charge in [-0.2, -0.15) is 0 Å². The Morgan fingerprint density at radius 3 is 2.77 bits per heavy atom. The number of amides is 1. The lowest BCUT2D eigenvalue weighted by Gasteiger charge is -1.99. The van der Waals surface area contributed by atoms with Crippen LogP contribution in [0.15, 0.2) is 85.2 Å². The highest BCUT2D eigenvalue weighted by Crippen LogP contribution is 2.32. The lowest BCUT2D eigenvalue weighted by Crippen LogP contribution is -2.19. The molecule has 4 aromatic rings. The molecule has 0 saturated carbocycles. The van der Waals surface area contributed by atoms with Crippen LogP contribution in [0.2, 0.25) is 0 Å². The van der Waals surface area contributed by atoms with Crippen LogP contribution >= 0.6 is 23.5 Å². The Hall–Kier alpha value is -3.43. The van der Waals surface area contributed by atoms with E-state index in [-0.39, 0.29) is 5.91 Å². The molecular formula is C22H16N4O3S2. The van der Waals surface area contributed by atoms with Gasteiger partial charge in [-0.25, -0.2) is 9.98 Å². The van der Waals surface area contributed by atoms with E-state index < -0.39 is 0 Å². The first kappa shape index (κ1) is 19.5. The molecule has 3 heterocycles. The van der Waals surface area contributed by atoms with Crippen molar-refractivity contribution in [2.75, 3.05) is 7.11 Å². The van der Waals surface area contributed by atoms with Gasteiger partial charge >= 0.3 is 0 Å². The number of benzene rings is 2. The Morgan fingerprint density at radius 1 is 1.13 bits per heavy atom. The Labute approximate surface area is 186 Å². The number of carbonyl (C=O) groups excluding carboxylic acids is 1. The predicted molar refractivity (Wildman–Crippen MR) is 123 cm³/mol. The Kier molecular flexibility index (Phi) is 5.27. The molecule has 154 valence electrons. The maximum absolute atomic E-state index is 12.3. The molecule has 0 unspecified atom stereocenters. The maximum Gasteiger partial charge on any atom is 0.264 e. The van der Waals surface area contributed by atoms with E-state index in [1.165, 1.54) is 23.5 Å². The smallest absolute Gasteiger partial charge is 0.264 e. The van der Waals surface area contributed by atoms with Gasteiger partial charge in [0.05, 0.1) is 28.7 Å². The van der Waals surface area contributed by atoms with Crippen molar-refractivity contribution in [1.29, 1.82) is 0 Å². The average molecular weight is 449 g/mol. The highest BCUT2D eigenvalue weighted by atomic mass is 32.2. The molecule has 2 N–H and O–H groups in total. The van der Waals surface area contributed by atoms with Crippen LogP contribution in [0.25, 0.3) is 17.1 Å². The van der Waals surface area contributed by atoms with E-state index in [4.69, 9.17) is 9.15 Å². The number of aromatic nitrogens is 2. The molecule has 31 heavy (non-hydrogen) atoms. The van der Waals surface area contributed by atoms with Crippen molar-refractivity contribution in [3.05, 3.63) is 71.3 Å². The van der Waals surface area contributed by atoms with Crippen molar-refractivity contribution < 1.29 is 13.9 Å². The van der Waals surface area contributed by atoms with Gasteiger partial charge in [0.25, 0.3) is 5.91 Å². The fourth-order valence-electron chi connectivity index (χ4n) is 2.92. The van der Waals surface area contributed by atoms with Gasteiger partial charge in [-0.3, -0.25) is 4.79 Å². The number of nitrogens with one attached hydrogen (secondary N) is 2. The number of imidazole rings is 1. The molecule has 0 spiro atoms. The molecule has 7 nitrogen and oxygen atoms in total. The minimum absolute atomic E-state index is 0.208. The van der Waals surface area contributed by atoms with Crippen LogP contribution in [0.5, 0.6) is 5.75 Å². The number of furan rings is 1. The van der Waals surface area contributed by atoms with Crippen LogP contribution in [0.3, 0.4) is 0 Å². The third kappa shape index (κ3) is 4.37. The van der Waals surface area contributed by atoms with E-state index in [1.807, 2.05) is 60.7 Å². The van der Waals surface area contributed by atoms with Crippen LogP contribution in [-0.2, 0) is 4.79 Å². The van der Waals surface area contributed by atoms with E-state index in [0.717, 1.165) is 27.6 Å². The zero-order valence-electron chi connectivity index (χ0n) is 16.3. The fourth-order valence-corrected chi connectivity index (χ4v) is 4.51. The number of amidine groups is 1. The van der Waals surface area contributed by atoms with Crippen LogP contribution in [0, 0.1) is 0 Å². The maximum atomic E-state index is 12.3. The van der Waals surface area contributed by atoms with E-state index in [1.54, 1.807) is 13.2 Å². The zero-order valence-corrected chi connectivity index (χ0v) is 17.9. The summed E-state index contributed by atoms with van der Waals surface area (Å²) in [6.07, 6.45) is 1.71. The molecule has 0 bridgehead atoms. The van der Waals surface area contributed by atoms with Gasteiger partial charge in [-0.1, -0.05) is 12.1 Å². The highest BCUT2D eigenvalue weighted by Gasteiger charge is 2.24. The largest absolute Gasteiger partial charge is 0.497 e. The lowest BCUT2D eigenvalue weighted by molar-refractivity contribution is -0.115. The first-order chi connectivity index (χ1) is 15.2. The Bertz CT molecular complexity index is 1290. The van der Waals surface area contributed by atoms with E-state index >= 15 is 0 Å². The zero-order chi connectivity index (χ0) is 21.2. The molecule has 9 heteroatoms. The van der Waals surface area contributed by atoms with Crippen molar-refractivity contribution in [3.8, 4) is 5.75 Å². The number of hydrogen-bond acceptors (Lipinski definition) is 7.